The van der Waals surface area contributed by atoms with E-state index in [-0.39, 0.29) is 0 Å². The van der Waals surface area contributed by atoms with Crippen LogP contribution in [-0.2, 0) is 16.8 Å². The summed E-state index contributed by atoms with van der Waals surface area (Å²) in [7, 11) is -3.44. The topological polar surface area (TPSA) is 75.4 Å². The minimum atomic E-state index is -3.44. The lowest BCUT2D eigenvalue weighted by atomic mass is 10.2. The summed E-state index contributed by atoms with van der Waals surface area (Å²) in [5.41, 5.74) is 6.43. The van der Waals surface area contributed by atoms with Crippen molar-refractivity contribution >= 4 is 10.2 Å². The number of hydrogen-bond acceptors (Lipinski definition) is 3. The third-order valence-corrected chi connectivity index (χ3v) is 4.02. The number of rotatable bonds is 8. The second kappa shape index (κ2) is 7.48. The van der Waals surface area contributed by atoms with Crippen molar-refractivity contribution < 1.29 is 8.42 Å². The maximum absolute atomic E-state index is 12.0. The number of nitrogens with two attached hydrogens (primary N) is 1. The molecule has 0 bridgehead atoms. The van der Waals surface area contributed by atoms with Crippen LogP contribution in [0.5, 0.6) is 0 Å². The highest BCUT2D eigenvalue weighted by Gasteiger charge is 2.20. The Labute approximate surface area is 109 Å². The second-order valence-electron chi connectivity index (χ2n) is 4.01. The lowest BCUT2D eigenvalue weighted by molar-refractivity contribution is 0.405. The smallest absolute Gasteiger partial charge is 0.279 e. The van der Waals surface area contributed by atoms with E-state index in [0.29, 0.717) is 26.2 Å². The highest BCUT2D eigenvalue weighted by Crippen LogP contribution is 2.07. The van der Waals surface area contributed by atoms with Gasteiger partial charge in [-0.25, -0.2) is 4.72 Å². The number of nitrogens with zero attached hydrogens (tertiary/aromatic N) is 1. The molecule has 0 fully saturated rings. The molecule has 0 aliphatic carbocycles. The monoisotopic (exact) mass is 271 g/mol. The maximum atomic E-state index is 12.0. The highest BCUT2D eigenvalue weighted by atomic mass is 32.2. The molecule has 1 aromatic rings. The van der Waals surface area contributed by atoms with Gasteiger partial charge in [0.2, 0.25) is 0 Å². The molecule has 0 saturated carbocycles. The van der Waals surface area contributed by atoms with Crippen LogP contribution in [0.1, 0.15) is 18.9 Å². The average Bonchev–Trinajstić information content (AvgIpc) is 2.37. The zero-order valence-corrected chi connectivity index (χ0v) is 11.5. The normalized spacial score (nSPS) is 11.9. The fraction of sp³-hybridized carbons (Fsp3) is 0.500. The fourth-order valence-electron chi connectivity index (χ4n) is 1.54. The lowest BCUT2D eigenvalue weighted by Gasteiger charge is -2.21. The van der Waals surface area contributed by atoms with Gasteiger partial charge in [0.1, 0.15) is 0 Å². The van der Waals surface area contributed by atoms with E-state index in [1.54, 1.807) is 0 Å². The van der Waals surface area contributed by atoms with Crippen LogP contribution in [0.3, 0.4) is 0 Å². The second-order valence-corrected chi connectivity index (χ2v) is 5.76. The van der Waals surface area contributed by atoms with Crippen molar-refractivity contribution in [1.82, 2.24) is 9.03 Å². The minimum absolute atomic E-state index is 0.305. The molecule has 0 atom stereocenters. The van der Waals surface area contributed by atoms with E-state index >= 15 is 0 Å². The van der Waals surface area contributed by atoms with Gasteiger partial charge in [-0.1, -0.05) is 37.3 Å². The van der Waals surface area contributed by atoms with Crippen LogP contribution >= 0.6 is 0 Å². The van der Waals surface area contributed by atoms with Crippen molar-refractivity contribution in [3.63, 3.8) is 0 Å². The Kier molecular flexibility index (Phi) is 6.28. The molecule has 0 amide bonds. The summed E-state index contributed by atoms with van der Waals surface area (Å²) in [6.07, 6.45) is 0.765. The predicted molar refractivity (Wildman–Crippen MR) is 73.1 cm³/mol. The average molecular weight is 271 g/mol. The van der Waals surface area contributed by atoms with E-state index in [1.807, 2.05) is 37.3 Å². The van der Waals surface area contributed by atoms with Gasteiger partial charge in [-0.15, -0.1) is 0 Å². The summed E-state index contributed by atoms with van der Waals surface area (Å²) >= 11 is 0. The quantitative estimate of drug-likeness (QED) is 0.730. The molecule has 0 heterocycles. The van der Waals surface area contributed by atoms with E-state index < -0.39 is 10.2 Å². The molecule has 18 heavy (non-hydrogen) atoms. The van der Waals surface area contributed by atoms with Crippen LogP contribution in [-0.4, -0.2) is 32.4 Å². The molecule has 0 radical (unpaired) electrons. The molecule has 0 unspecified atom stereocenters. The van der Waals surface area contributed by atoms with Crippen molar-refractivity contribution in [2.24, 2.45) is 5.73 Å². The standard InChI is InChI=1S/C12H21N3O2S/c1-2-9-14-18(16,17)15(10-8-13)11-12-6-4-3-5-7-12/h3-7,14H,2,8-11,13H2,1H3. The Bertz CT molecular complexity index is 434. The third-order valence-electron chi connectivity index (χ3n) is 2.45. The van der Waals surface area contributed by atoms with Crippen molar-refractivity contribution in [2.75, 3.05) is 19.6 Å². The third kappa shape index (κ3) is 4.73. The molecule has 0 aliphatic rings. The van der Waals surface area contributed by atoms with Crippen LogP contribution < -0.4 is 10.5 Å². The first-order valence-electron chi connectivity index (χ1n) is 6.09. The van der Waals surface area contributed by atoms with Gasteiger partial charge in [-0.05, 0) is 12.0 Å². The minimum Gasteiger partial charge on any atom is -0.329 e. The maximum Gasteiger partial charge on any atom is 0.279 e. The molecule has 1 rings (SSSR count). The summed E-state index contributed by atoms with van der Waals surface area (Å²) in [4.78, 5) is 0. The first-order chi connectivity index (χ1) is 8.60. The van der Waals surface area contributed by atoms with Crippen molar-refractivity contribution in [3.05, 3.63) is 35.9 Å². The molecular weight excluding hydrogens is 250 g/mol. The molecule has 6 heteroatoms. The van der Waals surface area contributed by atoms with E-state index in [2.05, 4.69) is 4.72 Å². The SMILES string of the molecule is CCCNS(=O)(=O)N(CCN)Cc1ccccc1. The Hall–Kier alpha value is -0.950. The molecule has 0 saturated heterocycles. The Morgan fingerprint density at radius 2 is 1.94 bits per heavy atom. The van der Waals surface area contributed by atoms with E-state index in [4.69, 9.17) is 5.73 Å². The van der Waals surface area contributed by atoms with Crippen molar-refractivity contribution in [3.8, 4) is 0 Å². The van der Waals surface area contributed by atoms with Gasteiger partial charge in [-0.3, -0.25) is 0 Å². The molecule has 5 nitrogen and oxygen atoms in total. The highest BCUT2D eigenvalue weighted by molar-refractivity contribution is 7.87. The van der Waals surface area contributed by atoms with Gasteiger partial charge in [0.25, 0.3) is 10.2 Å². The molecule has 0 spiro atoms. The Balaban J connectivity index is 2.76. The molecule has 102 valence electrons. The molecule has 1 aromatic carbocycles. The predicted octanol–water partition coefficient (Wildman–Crippen LogP) is 0.692. The fourth-order valence-corrected chi connectivity index (χ4v) is 2.85. The van der Waals surface area contributed by atoms with Crippen LogP contribution in [0, 0.1) is 0 Å². The molecular formula is C12H21N3O2S. The lowest BCUT2D eigenvalue weighted by Crippen LogP contribution is -2.42. The van der Waals surface area contributed by atoms with Crippen LogP contribution in [0.2, 0.25) is 0 Å². The van der Waals surface area contributed by atoms with Gasteiger partial charge >= 0.3 is 0 Å². The number of hydrogen-bond donors (Lipinski definition) is 2. The van der Waals surface area contributed by atoms with Crippen LogP contribution in [0.4, 0.5) is 0 Å². The zero-order valence-electron chi connectivity index (χ0n) is 10.7. The molecule has 3 N–H and O–H groups in total. The van der Waals surface area contributed by atoms with Crippen molar-refractivity contribution in [1.29, 1.82) is 0 Å². The van der Waals surface area contributed by atoms with Gasteiger partial charge in [0, 0.05) is 26.2 Å². The van der Waals surface area contributed by atoms with E-state index in [1.165, 1.54) is 4.31 Å². The van der Waals surface area contributed by atoms with Crippen LogP contribution in [0.25, 0.3) is 0 Å². The Morgan fingerprint density at radius 1 is 1.28 bits per heavy atom. The van der Waals surface area contributed by atoms with Gasteiger partial charge in [0.05, 0.1) is 0 Å². The largest absolute Gasteiger partial charge is 0.329 e. The number of benzene rings is 1. The summed E-state index contributed by atoms with van der Waals surface area (Å²) in [5.74, 6) is 0. The Morgan fingerprint density at radius 3 is 2.50 bits per heavy atom. The first-order valence-corrected chi connectivity index (χ1v) is 7.53. The van der Waals surface area contributed by atoms with E-state index in [0.717, 1.165) is 12.0 Å². The summed E-state index contributed by atoms with van der Waals surface area (Å²) in [6.45, 7) is 3.33. The first kappa shape index (κ1) is 15.1. The van der Waals surface area contributed by atoms with Gasteiger partial charge in [0.15, 0.2) is 0 Å². The number of nitrogens with one attached hydrogen (secondary N) is 1. The van der Waals surface area contributed by atoms with Gasteiger partial charge < -0.3 is 5.73 Å². The summed E-state index contributed by atoms with van der Waals surface area (Å²) in [6, 6.07) is 9.49. The summed E-state index contributed by atoms with van der Waals surface area (Å²) in [5, 5.41) is 0. The molecule has 0 aliphatic heterocycles. The van der Waals surface area contributed by atoms with E-state index in [9.17, 15) is 8.42 Å². The van der Waals surface area contributed by atoms with Gasteiger partial charge in [-0.2, -0.15) is 12.7 Å². The van der Waals surface area contributed by atoms with Crippen molar-refractivity contribution in [2.45, 2.75) is 19.9 Å². The summed E-state index contributed by atoms with van der Waals surface area (Å²) < 4.78 is 28.0. The van der Waals surface area contributed by atoms with Crippen LogP contribution in [0.15, 0.2) is 30.3 Å². The molecule has 0 aromatic heterocycles. The zero-order chi connectivity index (χ0) is 13.4.